The van der Waals surface area contributed by atoms with E-state index >= 15 is 0 Å². The molecule has 1 saturated heterocycles. The van der Waals surface area contributed by atoms with E-state index in [4.69, 9.17) is 26.0 Å². The average Bonchev–Trinajstić information content (AvgIpc) is 3.41. The van der Waals surface area contributed by atoms with E-state index in [2.05, 4.69) is 32.8 Å². The van der Waals surface area contributed by atoms with Crippen molar-refractivity contribution in [2.75, 3.05) is 7.11 Å². The van der Waals surface area contributed by atoms with Crippen LogP contribution in [0.2, 0.25) is 5.02 Å². The molecule has 1 fully saturated rings. The summed E-state index contributed by atoms with van der Waals surface area (Å²) in [6, 6.07) is 14.0. The molecule has 2 aromatic heterocycles. The van der Waals surface area contributed by atoms with Crippen LogP contribution >= 0.6 is 11.6 Å². The van der Waals surface area contributed by atoms with Gasteiger partial charge in [-0.1, -0.05) is 16.4 Å². The standard InChI is InChI=1S/C33H39ClN4O5/c1-20-18-21(2)37(35-20)43-31(40)29(42-38-32(4,5)16-9-17-33(38,6)7)28-22(3)36(27-15-14-25(41-8)19-26(27)28)30(39)23-10-12-24(34)13-11-23/h10-15,18-19,29H,9,16-17H2,1-8H3. The molecular formula is C33H39ClN4O5. The number of carbonyl (C=O) groups is 2. The average molecular weight is 607 g/mol. The van der Waals surface area contributed by atoms with E-state index in [-0.39, 0.29) is 17.0 Å². The Morgan fingerprint density at radius 1 is 0.953 bits per heavy atom. The van der Waals surface area contributed by atoms with Gasteiger partial charge in [-0.3, -0.25) is 14.2 Å². The van der Waals surface area contributed by atoms with Gasteiger partial charge in [-0.15, -0.1) is 5.10 Å². The Labute approximate surface area is 257 Å². The lowest BCUT2D eigenvalue weighted by Crippen LogP contribution is -2.59. The van der Waals surface area contributed by atoms with Crippen LogP contribution in [0.5, 0.6) is 5.75 Å². The number of hydrogen-bond acceptors (Lipinski definition) is 7. The zero-order valence-corrected chi connectivity index (χ0v) is 26.8. The Morgan fingerprint density at radius 2 is 1.60 bits per heavy atom. The van der Waals surface area contributed by atoms with Gasteiger partial charge in [0.25, 0.3) is 5.91 Å². The zero-order valence-electron chi connectivity index (χ0n) is 26.0. The van der Waals surface area contributed by atoms with Gasteiger partial charge in [0.15, 0.2) is 0 Å². The maximum atomic E-state index is 14.2. The quantitative estimate of drug-likeness (QED) is 0.229. The number of ether oxygens (including phenoxy) is 1. The van der Waals surface area contributed by atoms with E-state index in [0.717, 1.165) is 19.3 Å². The minimum atomic E-state index is -1.23. The third-order valence-corrected chi connectivity index (χ3v) is 8.51. The highest BCUT2D eigenvalue weighted by Crippen LogP contribution is 2.43. The number of aryl methyl sites for hydroxylation is 2. The molecule has 0 radical (unpaired) electrons. The molecule has 10 heteroatoms. The topological polar surface area (TPSA) is 87.8 Å². The summed E-state index contributed by atoms with van der Waals surface area (Å²) in [5.74, 6) is -0.346. The van der Waals surface area contributed by atoms with Crippen molar-refractivity contribution >= 4 is 34.4 Å². The molecule has 4 aromatic rings. The van der Waals surface area contributed by atoms with Gasteiger partial charge >= 0.3 is 5.97 Å². The number of piperidine rings is 1. The van der Waals surface area contributed by atoms with E-state index in [1.54, 1.807) is 42.0 Å². The number of halogens is 1. The number of benzene rings is 2. The summed E-state index contributed by atoms with van der Waals surface area (Å²) in [4.78, 5) is 42.1. The molecule has 0 N–H and O–H groups in total. The van der Waals surface area contributed by atoms with Crippen LogP contribution in [-0.4, -0.2) is 49.6 Å². The maximum absolute atomic E-state index is 14.2. The molecule has 1 unspecified atom stereocenters. The number of methoxy groups -OCH3 is 1. The van der Waals surface area contributed by atoms with Crippen LogP contribution in [0.3, 0.4) is 0 Å². The Kier molecular flexibility index (Phi) is 8.19. The van der Waals surface area contributed by atoms with Crippen LogP contribution in [0.4, 0.5) is 0 Å². The summed E-state index contributed by atoms with van der Waals surface area (Å²) in [6.07, 6.45) is 1.58. The Hall–Kier alpha value is -3.66. The fraction of sp³-hybridized carbons (Fsp3) is 0.424. The smallest absolute Gasteiger partial charge is 0.370 e. The van der Waals surface area contributed by atoms with Crippen molar-refractivity contribution < 1.29 is 24.0 Å². The molecule has 0 spiro atoms. The number of aromatic nitrogens is 3. The molecule has 1 aliphatic rings. The van der Waals surface area contributed by atoms with E-state index in [1.165, 1.54) is 4.85 Å². The summed E-state index contributed by atoms with van der Waals surface area (Å²) in [7, 11) is 1.58. The molecule has 0 saturated carbocycles. The molecule has 2 aromatic carbocycles. The van der Waals surface area contributed by atoms with Crippen LogP contribution in [0.1, 0.15) is 86.1 Å². The summed E-state index contributed by atoms with van der Waals surface area (Å²) in [5, 5.41) is 7.44. The van der Waals surface area contributed by atoms with E-state index in [0.29, 0.717) is 49.9 Å². The minimum Gasteiger partial charge on any atom is -0.497 e. The van der Waals surface area contributed by atoms with Crippen molar-refractivity contribution in [3.8, 4) is 5.75 Å². The SMILES string of the molecule is COc1ccc2c(c1)c(C(ON1C(C)(C)CCCC1(C)C)C(=O)On1nc(C)cc1C)c(C)n2C(=O)c1ccc(Cl)cc1. The monoisotopic (exact) mass is 606 g/mol. The first-order chi connectivity index (χ1) is 20.2. The minimum absolute atomic E-state index is 0.264. The summed E-state index contributed by atoms with van der Waals surface area (Å²) in [6.45, 7) is 13.9. The van der Waals surface area contributed by atoms with Gasteiger partial charge < -0.3 is 9.57 Å². The third-order valence-electron chi connectivity index (χ3n) is 8.26. The lowest BCUT2D eigenvalue weighted by molar-refractivity contribution is -0.305. The number of nitrogens with zero attached hydrogens (tertiary/aromatic N) is 4. The molecule has 9 nitrogen and oxygen atoms in total. The summed E-state index contributed by atoms with van der Waals surface area (Å²) in [5.41, 5.74) is 2.76. The van der Waals surface area contributed by atoms with Gasteiger partial charge in [-0.05, 0) is 116 Å². The largest absolute Gasteiger partial charge is 0.497 e. The van der Waals surface area contributed by atoms with Crippen LogP contribution in [0.25, 0.3) is 10.9 Å². The van der Waals surface area contributed by atoms with Crippen molar-refractivity contribution in [3.63, 3.8) is 0 Å². The Bertz CT molecular complexity index is 1670. The number of hydrogen-bond donors (Lipinski definition) is 0. The highest BCUT2D eigenvalue weighted by atomic mass is 35.5. The van der Waals surface area contributed by atoms with Gasteiger partial charge in [0.1, 0.15) is 5.75 Å². The van der Waals surface area contributed by atoms with Gasteiger partial charge in [0, 0.05) is 38.3 Å². The molecule has 5 rings (SSSR count). The number of carbonyl (C=O) groups excluding carboxylic acids is 2. The fourth-order valence-corrected chi connectivity index (χ4v) is 6.40. The zero-order chi connectivity index (χ0) is 31.3. The second-order valence-corrected chi connectivity index (χ2v) is 12.9. The summed E-state index contributed by atoms with van der Waals surface area (Å²) < 4.78 is 7.17. The Morgan fingerprint density at radius 3 is 2.19 bits per heavy atom. The first-order valence-electron chi connectivity index (χ1n) is 14.5. The normalized spacial score (nSPS) is 17.1. The molecule has 1 atom stereocenters. The second-order valence-electron chi connectivity index (χ2n) is 12.5. The van der Waals surface area contributed by atoms with Crippen LogP contribution in [-0.2, 0) is 9.63 Å². The molecule has 3 heterocycles. The van der Waals surface area contributed by atoms with Crippen molar-refractivity contribution in [2.24, 2.45) is 0 Å². The van der Waals surface area contributed by atoms with Crippen LogP contribution < -0.4 is 9.57 Å². The summed E-state index contributed by atoms with van der Waals surface area (Å²) >= 11 is 6.11. The van der Waals surface area contributed by atoms with Crippen molar-refractivity contribution in [1.82, 2.24) is 19.6 Å². The predicted molar refractivity (Wildman–Crippen MR) is 165 cm³/mol. The predicted octanol–water partition coefficient (Wildman–Crippen LogP) is 6.78. The molecule has 0 bridgehead atoms. The van der Waals surface area contributed by atoms with Crippen molar-refractivity contribution in [3.05, 3.63) is 81.8 Å². The van der Waals surface area contributed by atoms with Gasteiger partial charge in [0.05, 0.1) is 24.0 Å². The molecule has 1 aliphatic heterocycles. The lowest BCUT2D eigenvalue weighted by Gasteiger charge is -2.52. The molecule has 228 valence electrons. The number of rotatable bonds is 7. The third kappa shape index (κ3) is 5.81. The van der Waals surface area contributed by atoms with Gasteiger partial charge in [-0.2, -0.15) is 5.06 Å². The second kappa shape index (κ2) is 11.4. The highest BCUT2D eigenvalue weighted by Gasteiger charge is 2.46. The molecule has 0 aliphatic carbocycles. The Balaban J connectivity index is 1.72. The molecule has 0 amide bonds. The van der Waals surface area contributed by atoms with Crippen LogP contribution in [0.15, 0.2) is 48.5 Å². The van der Waals surface area contributed by atoms with Gasteiger partial charge in [0.2, 0.25) is 6.10 Å². The lowest BCUT2D eigenvalue weighted by atomic mass is 9.82. The van der Waals surface area contributed by atoms with E-state index in [9.17, 15) is 9.59 Å². The maximum Gasteiger partial charge on any atom is 0.370 e. The van der Waals surface area contributed by atoms with Crippen molar-refractivity contribution in [1.29, 1.82) is 0 Å². The highest BCUT2D eigenvalue weighted by molar-refractivity contribution is 6.30. The van der Waals surface area contributed by atoms with Gasteiger partial charge in [-0.25, -0.2) is 4.79 Å². The van der Waals surface area contributed by atoms with E-state index in [1.807, 2.05) is 44.0 Å². The van der Waals surface area contributed by atoms with E-state index < -0.39 is 12.1 Å². The number of hydroxylamine groups is 2. The molecular weight excluding hydrogens is 568 g/mol. The number of fused-ring (bicyclic) bond motifs is 1. The van der Waals surface area contributed by atoms with Crippen LogP contribution in [0, 0.1) is 20.8 Å². The first-order valence-corrected chi connectivity index (χ1v) is 14.8. The molecule has 43 heavy (non-hydrogen) atoms. The fourth-order valence-electron chi connectivity index (χ4n) is 6.28. The van der Waals surface area contributed by atoms with Crippen molar-refractivity contribution in [2.45, 2.75) is 84.9 Å². The first kappa shape index (κ1) is 30.8.